The summed E-state index contributed by atoms with van der Waals surface area (Å²) in [5, 5.41) is 3.08. The van der Waals surface area contributed by atoms with E-state index in [1.165, 1.54) is 33.8 Å². The van der Waals surface area contributed by atoms with Gasteiger partial charge in [0.2, 0.25) is 0 Å². The second kappa shape index (κ2) is 8.18. The second-order valence-electron chi connectivity index (χ2n) is 9.32. The van der Waals surface area contributed by atoms with E-state index in [0.717, 1.165) is 64.5 Å². The van der Waals surface area contributed by atoms with Crippen LogP contribution in [0, 0.1) is 6.92 Å². The molecule has 0 spiro atoms. The van der Waals surface area contributed by atoms with Gasteiger partial charge in [0.05, 0.1) is 4.88 Å². The highest BCUT2D eigenvalue weighted by Gasteiger charge is 2.29. The van der Waals surface area contributed by atoms with Crippen molar-refractivity contribution < 1.29 is 4.79 Å². The molecule has 1 aliphatic carbocycles. The van der Waals surface area contributed by atoms with Crippen LogP contribution in [0.5, 0.6) is 0 Å². The minimum atomic E-state index is -0.116. The third-order valence-electron chi connectivity index (χ3n) is 6.66. The summed E-state index contributed by atoms with van der Waals surface area (Å²) in [4.78, 5) is 38.1. The predicted octanol–water partition coefficient (Wildman–Crippen LogP) is 2.91. The molecule has 1 saturated carbocycles. The molecule has 2 N–H and O–H groups in total. The van der Waals surface area contributed by atoms with Gasteiger partial charge in [-0.1, -0.05) is 0 Å². The van der Waals surface area contributed by atoms with Crippen LogP contribution in [-0.4, -0.2) is 44.2 Å². The Labute approximate surface area is 201 Å². The fraction of sp³-hybridized carbons (Fsp3) is 0.360. The van der Waals surface area contributed by atoms with Crippen molar-refractivity contribution in [1.82, 2.24) is 24.9 Å². The van der Waals surface area contributed by atoms with Crippen LogP contribution in [0.25, 0.3) is 16.5 Å². The number of carbonyl (C=O) groups excluding carboxylic acids is 1. The number of aryl methyl sites for hydroxylation is 1. The van der Waals surface area contributed by atoms with Crippen molar-refractivity contribution >= 4 is 23.3 Å². The minimum absolute atomic E-state index is 0.0228. The molecule has 0 bridgehead atoms. The number of amides is 1. The fourth-order valence-corrected chi connectivity index (χ4v) is 5.74. The smallest absolute Gasteiger partial charge is 0.272 e. The fourth-order valence-electron chi connectivity index (χ4n) is 4.69. The molecule has 9 heteroatoms. The lowest BCUT2D eigenvalue weighted by Gasteiger charge is -2.38. The average Bonchev–Trinajstić information content (AvgIpc) is 3.56. The summed E-state index contributed by atoms with van der Waals surface area (Å²) >= 11 is 1.53. The maximum atomic E-state index is 12.5. The van der Waals surface area contributed by atoms with Gasteiger partial charge in [0.25, 0.3) is 11.5 Å². The Morgan fingerprint density at radius 1 is 1.24 bits per heavy atom. The highest BCUT2D eigenvalue weighted by molar-refractivity contribution is 7.17. The first-order valence-electron chi connectivity index (χ1n) is 11.6. The molecule has 0 saturated heterocycles. The van der Waals surface area contributed by atoms with Gasteiger partial charge in [0.1, 0.15) is 6.17 Å². The van der Waals surface area contributed by atoms with Gasteiger partial charge >= 0.3 is 0 Å². The summed E-state index contributed by atoms with van der Waals surface area (Å²) < 4.78 is 1.52. The molecule has 174 valence electrons. The number of hydrogen-bond acceptors (Lipinski definition) is 7. The standard InChI is InChI=1S/C25H26N6O2S/c1-14-9-20(25(33)28-18-3-4-18)34-23(14)16-11-17-13-30(8-6-19(17)27-12-16)24-15(2)10-21-26-7-5-22(32)31(21)29-24/h5,7,9-12,18,24,29H,3-4,6,8,13H2,1-2H3,(H,28,33). The van der Waals surface area contributed by atoms with Crippen LogP contribution in [0.2, 0.25) is 0 Å². The zero-order valence-electron chi connectivity index (χ0n) is 19.2. The number of carbonyl (C=O) groups is 1. The molecule has 1 atom stereocenters. The number of thiophene rings is 1. The van der Waals surface area contributed by atoms with Crippen LogP contribution in [0.15, 0.2) is 41.0 Å². The normalized spacial score (nSPS) is 19.6. The van der Waals surface area contributed by atoms with Crippen molar-refractivity contribution in [2.75, 3.05) is 12.0 Å². The first-order chi connectivity index (χ1) is 16.5. The van der Waals surface area contributed by atoms with Gasteiger partial charge < -0.3 is 5.32 Å². The lowest BCUT2D eigenvalue weighted by atomic mass is 10.0. The van der Waals surface area contributed by atoms with E-state index in [9.17, 15) is 9.59 Å². The summed E-state index contributed by atoms with van der Waals surface area (Å²) in [5.74, 6) is 0.645. The number of nitrogens with zero attached hydrogens (tertiary/aromatic N) is 4. The van der Waals surface area contributed by atoms with E-state index >= 15 is 0 Å². The molecule has 6 rings (SSSR count). The van der Waals surface area contributed by atoms with E-state index in [0.29, 0.717) is 11.9 Å². The molecule has 34 heavy (non-hydrogen) atoms. The predicted molar refractivity (Wildman–Crippen MR) is 132 cm³/mol. The van der Waals surface area contributed by atoms with Crippen molar-refractivity contribution in [3.8, 4) is 10.4 Å². The molecule has 1 fully saturated rings. The minimum Gasteiger partial charge on any atom is -0.349 e. The number of hydrogen-bond donors (Lipinski definition) is 2. The lowest BCUT2D eigenvalue weighted by Crippen LogP contribution is -2.51. The molecule has 3 aromatic rings. The van der Waals surface area contributed by atoms with Crippen molar-refractivity contribution in [3.63, 3.8) is 0 Å². The van der Waals surface area contributed by atoms with E-state index < -0.39 is 0 Å². The van der Waals surface area contributed by atoms with E-state index in [2.05, 4.69) is 40.5 Å². The van der Waals surface area contributed by atoms with Crippen molar-refractivity contribution in [1.29, 1.82) is 0 Å². The van der Waals surface area contributed by atoms with Crippen LogP contribution in [0.4, 0.5) is 0 Å². The SMILES string of the molecule is CC1=Cc2nccc(=O)n2NC1N1CCc2ncc(-c3sc(C(=O)NC4CC4)cc3C)cc2C1. The number of rotatable bonds is 4. The van der Waals surface area contributed by atoms with Gasteiger partial charge in [-0.25, -0.2) is 9.66 Å². The highest BCUT2D eigenvalue weighted by Crippen LogP contribution is 2.35. The van der Waals surface area contributed by atoms with Gasteiger partial charge in [-0.05, 0) is 61.6 Å². The third-order valence-corrected chi connectivity index (χ3v) is 7.95. The van der Waals surface area contributed by atoms with Gasteiger partial charge in [0.15, 0.2) is 5.82 Å². The Hall–Kier alpha value is -3.30. The Bertz CT molecular complexity index is 1390. The zero-order chi connectivity index (χ0) is 23.4. The first kappa shape index (κ1) is 21.2. The van der Waals surface area contributed by atoms with E-state index in [1.807, 2.05) is 18.3 Å². The van der Waals surface area contributed by atoms with Crippen molar-refractivity contribution in [2.24, 2.45) is 0 Å². The van der Waals surface area contributed by atoms with Crippen LogP contribution >= 0.6 is 11.3 Å². The number of nitrogens with one attached hydrogen (secondary N) is 2. The maximum absolute atomic E-state index is 12.5. The Balaban J connectivity index is 1.26. The van der Waals surface area contributed by atoms with Gasteiger partial charge in [-0.2, -0.15) is 0 Å². The summed E-state index contributed by atoms with van der Waals surface area (Å²) in [6.45, 7) is 5.68. The highest BCUT2D eigenvalue weighted by atomic mass is 32.1. The average molecular weight is 475 g/mol. The number of pyridine rings is 1. The third kappa shape index (κ3) is 3.84. The molecule has 2 aliphatic heterocycles. The summed E-state index contributed by atoms with van der Waals surface area (Å²) in [5.41, 5.74) is 8.77. The van der Waals surface area contributed by atoms with E-state index in [1.54, 1.807) is 0 Å². The van der Waals surface area contributed by atoms with E-state index in [-0.39, 0.29) is 17.6 Å². The summed E-state index contributed by atoms with van der Waals surface area (Å²) in [6, 6.07) is 6.00. The summed E-state index contributed by atoms with van der Waals surface area (Å²) in [7, 11) is 0. The zero-order valence-corrected chi connectivity index (χ0v) is 20.0. The summed E-state index contributed by atoms with van der Waals surface area (Å²) in [6.07, 6.45) is 8.35. The Morgan fingerprint density at radius 3 is 2.91 bits per heavy atom. The molecule has 1 unspecified atom stereocenters. The largest absolute Gasteiger partial charge is 0.349 e. The molecule has 1 amide bonds. The number of fused-ring (bicyclic) bond motifs is 2. The quantitative estimate of drug-likeness (QED) is 0.604. The lowest BCUT2D eigenvalue weighted by molar-refractivity contribution is 0.0955. The molecule has 3 aliphatic rings. The Kier molecular flexibility index (Phi) is 5.11. The van der Waals surface area contributed by atoms with Crippen LogP contribution in [0.1, 0.15) is 52.1 Å². The molecule has 5 heterocycles. The number of aromatic nitrogens is 3. The molecule has 0 radical (unpaired) electrons. The van der Waals surface area contributed by atoms with Crippen LogP contribution in [-0.2, 0) is 13.0 Å². The maximum Gasteiger partial charge on any atom is 0.272 e. The molecule has 3 aromatic heterocycles. The molecule has 8 nitrogen and oxygen atoms in total. The molecular formula is C25H26N6O2S. The van der Waals surface area contributed by atoms with Gasteiger partial charge in [0, 0.05) is 60.1 Å². The second-order valence-corrected chi connectivity index (χ2v) is 10.4. The topological polar surface area (TPSA) is 92.2 Å². The monoisotopic (exact) mass is 474 g/mol. The van der Waals surface area contributed by atoms with Crippen molar-refractivity contribution in [3.05, 3.63) is 74.0 Å². The Morgan fingerprint density at radius 2 is 2.09 bits per heavy atom. The van der Waals surface area contributed by atoms with Crippen LogP contribution < -0.4 is 16.3 Å². The van der Waals surface area contributed by atoms with Crippen molar-refractivity contribution in [2.45, 2.75) is 51.9 Å². The van der Waals surface area contributed by atoms with Gasteiger partial charge in [-0.3, -0.25) is 24.9 Å². The van der Waals surface area contributed by atoms with Crippen LogP contribution in [0.3, 0.4) is 0 Å². The van der Waals surface area contributed by atoms with Gasteiger partial charge in [-0.15, -0.1) is 11.3 Å². The molecule has 0 aromatic carbocycles. The molecular weight excluding hydrogens is 448 g/mol. The first-order valence-corrected chi connectivity index (χ1v) is 12.4. The van der Waals surface area contributed by atoms with E-state index in [4.69, 9.17) is 4.98 Å².